The van der Waals surface area contributed by atoms with Crippen LogP contribution in [0.3, 0.4) is 0 Å². The molecule has 0 saturated carbocycles. The van der Waals surface area contributed by atoms with E-state index in [9.17, 15) is 13.2 Å². The molecular weight excluding hydrogens is 389 g/mol. The Morgan fingerprint density at radius 1 is 1.00 bits per heavy atom. The van der Waals surface area contributed by atoms with Crippen LogP contribution in [0.1, 0.15) is 43.6 Å². The average molecular weight is 415 g/mol. The van der Waals surface area contributed by atoms with Crippen molar-refractivity contribution < 1.29 is 22.5 Å². The first-order chi connectivity index (χ1) is 13.4. The van der Waals surface area contributed by atoms with Crippen LogP contribution in [0.25, 0.3) is 0 Å². The Morgan fingerprint density at radius 3 is 2.14 bits per heavy atom. The molecule has 0 aromatic heterocycles. The first-order valence-corrected chi connectivity index (χ1v) is 11.1. The highest BCUT2D eigenvalue weighted by Gasteiger charge is 2.51. The van der Waals surface area contributed by atoms with E-state index in [1.165, 1.54) is 7.05 Å². The summed E-state index contributed by atoms with van der Waals surface area (Å²) in [6, 6.07) is 13.2. The highest BCUT2D eigenvalue weighted by Crippen LogP contribution is 2.36. The van der Waals surface area contributed by atoms with Gasteiger partial charge in [-0.15, -0.1) is 0 Å². The van der Waals surface area contributed by atoms with Crippen molar-refractivity contribution in [3.8, 4) is 0 Å². The van der Waals surface area contributed by atoms with Crippen molar-refractivity contribution in [2.75, 3.05) is 7.05 Å². The summed E-state index contributed by atoms with van der Waals surface area (Å²) in [7, 11) is -2.57. The Kier molecular flexibility index (Phi) is 5.64. The van der Waals surface area contributed by atoms with E-state index in [1.807, 2.05) is 27.7 Å². The number of hydrogen-bond donors (Lipinski definition) is 1. The van der Waals surface area contributed by atoms with Gasteiger partial charge in [-0.25, -0.2) is 8.42 Å². The minimum Gasteiger partial charge on any atom is -0.399 e. The minimum absolute atomic E-state index is 0.187. The van der Waals surface area contributed by atoms with E-state index in [1.54, 1.807) is 48.5 Å². The van der Waals surface area contributed by atoms with Gasteiger partial charge in [0.05, 0.1) is 21.9 Å². The van der Waals surface area contributed by atoms with Crippen molar-refractivity contribution >= 4 is 28.3 Å². The second-order valence-corrected chi connectivity index (χ2v) is 10.2. The van der Waals surface area contributed by atoms with Crippen molar-refractivity contribution in [1.29, 1.82) is 0 Å². The normalized spacial score (nSPS) is 17.9. The number of sulfone groups is 1. The molecule has 1 aliphatic heterocycles. The molecule has 1 saturated heterocycles. The number of hydrogen-bond acceptors (Lipinski definition) is 5. The number of benzene rings is 2. The number of nitrogens with one attached hydrogen (secondary N) is 1. The second kappa shape index (κ2) is 7.59. The van der Waals surface area contributed by atoms with Gasteiger partial charge >= 0.3 is 7.12 Å². The molecule has 8 heteroatoms. The molecular formula is C21H26BNO5S. The molecule has 1 aliphatic rings. The van der Waals surface area contributed by atoms with E-state index in [0.29, 0.717) is 11.1 Å². The van der Waals surface area contributed by atoms with E-state index < -0.39 is 28.2 Å². The van der Waals surface area contributed by atoms with Crippen LogP contribution in [0, 0.1) is 0 Å². The third-order valence-electron chi connectivity index (χ3n) is 5.54. The lowest BCUT2D eigenvalue weighted by Gasteiger charge is -2.32. The van der Waals surface area contributed by atoms with Gasteiger partial charge in [-0.3, -0.25) is 4.79 Å². The van der Waals surface area contributed by atoms with Gasteiger partial charge in [-0.2, -0.15) is 0 Å². The summed E-state index contributed by atoms with van der Waals surface area (Å²) in [6.07, 6.45) is 0. The topological polar surface area (TPSA) is 81.7 Å². The fraction of sp³-hybridized carbons (Fsp3) is 0.381. The molecule has 1 heterocycles. The van der Waals surface area contributed by atoms with Crippen LogP contribution < -0.4 is 10.8 Å². The highest BCUT2D eigenvalue weighted by molar-refractivity contribution is 7.90. The maximum atomic E-state index is 12.8. The first-order valence-electron chi connectivity index (χ1n) is 9.44. The van der Waals surface area contributed by atoms with E-state index in [2.05, 4.69) is 5.32 Å². The number of amides is 1. The van der Waals surface area contributed by atoms with Crippen LogP contribution in [-0.4, -0.2) is 39.7 Å². The van der Waals surface area contributed by atoms with E-state index in [-0.39, 0.29) is 16.6 Å². The Bertz CT molecular complexity index is 1000. The molecule has 0 spiro atoms. The molecule has 2 aromatic carbocycles. The fourth-order valence-electron chi connectivity index (χ4n) is 3.06. The molecule has 2 aromatic rings. The summed E-state index contributed by atoms with van der Waals surface area (Å²) in [5.41, 5.74) is 0.831. The Labute approximate surface area is 172 Å². The van der Waals surface area contributed by atoms with Gasteiger partial charge in [-0.05, 0) is 63.0 Å². The smallest absolute Gasteiger partial charge is 0.399 e. The zero-order valence-corrected chi connectivity index (χ0v) is 18.2. The number of carbonyl (C=O) groups excluding carboxylic acids is 1. The molecule has 3 rings (SSSR count). The molecule has 6 nitrogen and oxygen atoms in total. The molecule has 0 aliphatic carbocycles. The molecule has 1 amide bonds. The van der Waals surface area contributed by atoms with Gasteiger partial charge in [0, 0.05) is 12.6 Å². The van der Waals surface area contributed by atoms with Gasteiger partial charge in [-0.1, -0.05) is 24.3 Å². The lowest BCUT2D eigenvalue weighted by Crippen LogP contribution is -2.41. The molecule has 1 fully saturated rings. The van der Waals surface area contributed by atoms with Crippen molar-refractivity contribution in [2.24, 2.45) is 0 Å². The number of carbonyl (C=O) groups is 1. The highest BCUT2D eigenvalue weighted by atomic mass is 32.2. The van der Waals surface area contributed by atoms with Crippen LogP contribution in [-0.2, 0) is 24.9 Å². The Hall–Kier alpha value is -2.16. The Morgan fingerprint density at radius 2 is 1.59 bits per heavy atom. The third-order valence-corrected chi connectivity index (χ3v) is 7.24. The first kappa shape index (κ1) is 21.6. The maximum absolute atomic E-state index is 12.8. The maximum Gasteiger partial charge on any atom is 0.494 e. The summed E-state index contributed by atoms with van der Waals surface area (Å²) in [4.78, 5) is 12.0. The van der Waals surface area contributed by atoms with E-state index in [0.717, 1.165) is 5.46 Å². The van der Waals surface area contributed by atoms with Crippen LogP contribution in [0.5, 0.6) is 0 Å². The van der Waals surface area contributed by atoms with Gasteiger partial charge in [0.2, 0.25) is 0 Å². The molecule has 1 N–H and O–H groups in total. The van der Waals surface area contributed by atoms with Gasteiger partial charge in [0.1, 0.15) is 0 Å². The quantitative estimate of drug-likeness (QED) is 0.759. The number of rotatable bonds is 5. The van der Waals surface area contributed by atoms with Crippen molar-refractivity contribution in [3.63, 3.8) is 0 Å². The van der Waals surface area contributed by atoms with Crippen LogP contribution in [0.15, 0.2) is 53.4 Å². The largest absolute Gasteiger partial charge is 0.494 e. The predicted molar refractivity (Wildman–Crippen MR) is 113 cm³/mol. The lowest BCUT2D eigenvalue weighted by molar-refractivity contribution is 0.00578. The summed E-state index contributed by atoms with van der Waals surface area (Å²) >= 11 is 0. The summed E-state index contributed by atoms with van der Waals surface area (Å²) in [5.74, 6) is -0.441. The molecule has 0 atom stereocenters. The SMILES string of the molecule is CNC(=O)c1cccc(CS(=O)(=O)c2ccc(B3OC(C)(C)C(C)(C)O3)cc2)c1. The van der Waals surface area contributed by atoms with Crippen molar-refractivity contribution in [3.05, 3.63) is 59.7 Å². The summed E-state index contributed by atoms with van der Waals surface area (Å²) in [5, 5.41) is 2.54. The molecule has 0 radical (unpaired) electrons. The van der Waals surface area contributed by atoms with Crippen LogP contribution >= 0.6 is 0 Å². The van der Waals surface area contributed by atoms with Crippen molar-refractivity contribution in [2.45, 2.75) is 49.5 Å². The summed E-state index contributed by atoms with van der Waals surface area (Å²) < 4.78 is 37.7. The zero-order valence-electron chi connectivity index (χ0n) is 17.4. The standard InChI is InChI=1S/C21H26BNO5S/c1-20(2)21(3,4)28-22(27-20)17-9-11-18(12-10-17)29(25,26)14-15-7-6-8-16(13-15)19(24)23-5/h6-13H,14H2,1-5H3,(H,23,24). The molecule has 154 valence electrons. The van der Waals surface area contributed by atoms with Crippen LogP contribution in [0.2, 0.25) is 0 Å². The molecule has 29 heavy (non-hydrogen) atoms. The van der Waals surface area contributed by atoms with E-state index in [4.69, 9.17) is 9.31 Å². The van der Waals surface area contributed by atoms with Gasteiger partial charge in [0.25, 0.3) is 5.91 Å². The van der Waals surface area contributed by atoms with Gasteiger partial charge < -0.3 is 14.6 Å². The summed E-state index contributed by atoms with van der Waals surface area (Å²) in [6.45, 7) is 7.88. The van der Waals surface area contributed by atoms with Gasteiger partial charge in [0.15, 0.2) is 9.84 Å². The fourth-order valence-corrected chi connectivity index (χ4v) is 4.40. The average Bonchev–Trinajstić information content (AvgIpc) is 2.88. The molecule has 0 unspecified atom stereocenters. The Balaban J connectivity index is 1.78. The third kappa shape index (κ3) is 4.39. The zero-order chi connectivity index (χ0) is 21.4. The van der Waals surface area contributed by atoms with Crippen LogP contribution in [0.4, 0.5) is 0 Å². The second-order valence-electron chi connectivity index (χ2n) is 8.20. The minimum atomic E-state index is -3.56. The molecule has 0 bridgehead atoms. The van der Waals surface area contributed by atoms with Crippen molar-refractivity contribution in [1.82, 2.24) is 5.32 Å². The van der Waals surface area contributed by atoms with E-state index >= 15 is 0 Å². The monoisotopic (exact) mass is 415 g/mol. The predicted octanol–water partition coefficient (Wildman–Crippen LogP) is 2.32. The lowest BCUT2D eigenvalue weighted by atomic mass is 9.79.